The van der Waals surface area contributed by atoms with Crippen LogP contribution in [0.1, 0.15) is 10.4 Å². The average molecular weight is 430 g/mol. The second-order valence-electron chi connectivity index (χ2n) is 6.48. The van der Waals surface area contributed by atoms with E-state index in [1.165, 1.54) is 18.2 Å². The first-order valence-corrected chi connectivity index (χ1v) is 10.6. The summed E-state index contributed by atoms with van der Waals surface area (Å²) in [4.78, 5) is 14.7. The lowest BCUT2D eigenvalue weighted by Crippen LogP contribution is -2.18. The molecule has 2 N–H and O–H groups in total. The molecule has 0 aromatic heterocycles. The second-order valence-corrected chi connectivity index (χ2v) is 8.57. The van der Waals surface area contributed by atoms with Gasteiger partial charge in [0, 0.05) is 25.3 Å². The summed E-state index contributed by atoms with van der Waals surface area (Å²) in [6.07, 6.45) is 0. The van der Waals surface area contributed by atoms with Crippen LogP contribution >= 0.6 is 11.6 Å². The standard InChI is InChI=1S/C21H20ClN3O3S/c1-25(2)20-18(22)12-7-13-19(20)23-21(26)15-8-6-9-16(14-15)24-29(27,28)17-10-4-3-5-11-17/h3-14,24H,1-2H3,(H,23,26). The van der Waals surface area contributed by atoms with Gasteiger partial charge in [0.1, 0.15) is 0 Å². The molecule has 1 amide bonds. The van der Waals surface area contributed by atoms with E-state index in [0.29, 0.717) is 27.6 Å². The van der Waals surface area contributed by atoms with Gasteiger partial charge in [-0.2, -0.15) is 0 Å². The van der Waals surface area contributed by atoms with Crippen molar-refractivity contribution in [2.24, 2.45) is 0 Å². The number of rotatable bonds is 6. The Kier molecular flexibility index (Phi) is 6.10. The van der Waals surface area contributed by atoms with Gasteiger partial charge in [-0.1, -0.05) is 41.9 Å². The van der Waals surface area contributed by atoms with Crippen LogP contribution in [0.25, 0.3) is 0 Å². The maximum Gasteiger partial charge on any atom is 0.261 e. The normalized spacial score (nSPS) is 11.0. The zero-order chi connectivity index (χ0) is 21.0. The highest BCUT2D eigenvalue weighted by Crippen LogP contribution is 2.32. The molecule has 0 aliphatic rings. The largest absolute Gasteiger partial charge is 0.375 e. The molecular weight excluding hydrogens is 410 g/mol. The Bertz CT molecular complexity index is 1130. The molecule has 0 radical (unpaired) electrons. The number of nitrogens with one attached hydrogen (secondary N) is 2. The zero-order valence-electron chi connectivity index (χ0n) is 15.9. The van der Waals surface area contributed by atoms with Crippen LogP contribution in [0.4, 0.5) is 17.1 Å². The van der Waals surface area contributed by atoms with Crippen molar-refractivity contribution in [1.29, 1.82) is 0 Å². The van der Waals surface area contributed by atoms with Gasteiger partial charge in [-0.3, -0.25) is 9.52 Å². The predicted molar refractivity (Wildman–Crippen MR) is 117 cm³/mol. The van der Waals surface area contributed by atoms with Gasteiger partial charge >= 0.3 is 0 Å². The number of amides is 1. The van der Waals surface area contributed by atoms with Crippen LogP contribution in [0.15, 0.2) is 77.7 Å². The fourth-order valence-electron chi connectivity index (χ4n) is 2.80. The molecular formula is C21H20ClN3O3S. The first-order valence-electron chi connectivity index (χ1n) is 8.73. The van der Waals surface area contributed by atoms with E-state index in [4.69, 9.17) is 11.6 Å². The molecule has 0 fully saturated rings. The van der Waals surface area contributed by atoms with Gasteiger partial charge in [0.25, 0.3) is 15.9 Å². The van der Waals surface area contributed by atoms with Gasteiger partial charge in [-0.25, -0.2) is 8.42 Å². The van der Waals surface area contributed by atoms with E-state index < -0.39 is 10.0 Å². The average Bonchev–Trinajstić information content (AvgIpc) is 2.68. The molecule has 0 saturated carbocycles. The number of para-hydroxylation sites is 1. The molecule has 3 aromatic rings. The topological polar surface area (TPSA) is 78.5 Å². The van der Waals surface area contributed by atoms with Crippen LogP contribution in [0, 0.1) is 0 Å². The van der Waals surface area contributed by atoms with Gasteiger partial charge in [0.15, 0.2) is 0 Å². The van der Waals surface area contributed by atoms with Gasteiger partial charge in [0.05, 0.1) is 21.3 Å². The molecule has 6 nitrogen and oxygen atoms in total. The second kappa shape index (κ2) is 8.55. The lowest BCUT2D eigenvalue weighted by molar-refractivity contribution is 0.102. The quantitative estimate of drug-likeness (QED) is 0.606. The monoisotopic (exact) mass is 429 g/mol. The molecule has 0 heterocycles. The van der Waals surface area contributed by atoms with Crippen LogP contribution in [0.2, 0.25) is 5.02 Å². The summed E-state index contributed by atoms with van der Waals surface area (Å²) in [7, 11) is -0.0856. The van der Waals surface area contributed by atoms with Crippen LogP contribution in [0.3, 0.4) is 0 Å². The zero-order valence-corrected chi connectivity index (χ0v) is 17.5. The smallest absolute Gasteiger partial charge is 0.261 e. The third kappa shape index (κ3) is 4.88. The molecule has 29 heavy (non-hydrogen) atoms. The molecule has 0 bridgehead atoms. The molecule has 3 aromatic carbocycles. The van der Waals surface area contributed by atoms with Crippen molar-refractivity contribution in [3.8, 4) is 0 Å². The summed E-state index contributed by atoms with van der Waals surface area (Å²) in [6.45, 7) is 0. The fraction of sp³-hybridized carbons (Fsp3) is 0.0952. The number of sulfonamides is 1. The number of carbonyl (C=O) groups excluding carboxylic acids is 1. The van der Waals surface area contributed by atoms with Crippen molar-refractivity contribution in [3.63, 3.8) is 0 Å². The number of benzene rings is 3. The van der Waals surface area contributed by atoms with Crippen molar-refractivity contribution in [3.05, 3.63) is 83.4 Å². The van der Waals surface area contributed by atoms with Crippen molar-refractivity contribution in [2.75, 3.05) is 29.0 Å². The van der Waals surface area contributed by atoms with Crippen LogP contribution in [-0.2, 0) is 10.0 Å². The van der Waals surface area contributed by atoms with E-state index in [2.05, 4.69) is 10.0 Å². The van der Waals surface area contributed by atoms with Crippen molar-refractivity contribution < 1.29 is 13.2 Å². The Morgan fingerprint density at radius 3 is 2.31 bits per heavy atom. The number of hydrogen-bond donors (Lipinski definition) is 2. The molecule has 8 heteroatoms. The first-order chi connectivity index (χ1) is 13.8. The van der Waals surface area contributed by atoms with E-state index in [0.717, 1.165) is 0 Å². The maximum absolute atomic E-state index is 12.7. The minimum Gasteiger partial charge on any atom is -0.375 e. The number of anilines is 3. The number of halogens is 1. The van der Waals surface area contributed by atoms with E-state index in [-0.39, 0.29) is 10.8 Å². The molecule has 0 spiro atoms. The number of carbonyl (C=O) groups is 1. The Labute approximate surface area is 175 Å². The van der Waals surface area contributed by atoms with Crippen molar-refractivity contribution in [1.82, 2.24) is 0 Å². The fourth-order valence-corrected chi connectivity index (χ4v) is 4.22. The third-order valence-electron chi connectivity index (χ3n) is 4.11. The van der Waals surface area contributed by atoms with Crippen molar-refractivity contribution >= 4 is 44.6 Å². The van der Waals surface area contributed by atoms with Gasteiger partial charge < -0.3 is 10.2 Å². The summed E-state index contributed by atoms with van der Waals surface area (Å²) in [5.74, 6) is -0.379. The van der Waals surface area contributed by atoms with Crippen molar-refractivity contribution in [2.45, 2.75) is 4.90 Å². The number of nitrogens with zero attached hydrogens (tertiary/aromatic N) is 1. The van der Waals surface area contributed by atoms with Crippen LogP contribution < -0.4 is 14.9 Å². The summed E-state index contributed by atoms with van der Waals surface area (Å²) < 4.78 is 27.5. The minimum absolute atomic E-state index is 0.143. The summed E-state index contributed by atoms with van der Waals surface area (Å²) in [6, 6.07) is 19.6. The first kappa shape index (κ1) is 20.7. The maximum atomic E-state index is 12.7. The highest BCUT2D eigenvalue weighted by atomic mass is 35.5. The van der Waals surface area contributed by atoms with Gasteiger partial charge in [-0.15, -0.1) is 0 Å². The molecule has 0 aliphatic heterocycles. The molecule has 0 atom stereocenters. The molecule has 150 valence electrons. The molecule has 3 rings (SSSR count). The lowest BCUT2D eigenvalue weighted by Gasteiger charge is -2.19. The SMILES string of the molecule is CN(C)c1c(Cl)cccc1NC(=O)c1cccc(NS(=O)(=O)c2ccccc2)c1. The van der Waals surface area contributed by atoms with E-state index in [9.17, 15) is 13.2 Å². The highest BCUT2D eigenvalue weighted by molar-refractivity contribution is 7.92. The highest BCUT2D eigenvalue weighted by Gasteiger charge is 2.16. The summed E-state index contributed by atoms with van der Waals surface area (Å²) in [5.41, 5.74) is 1.84. The van der Waals surface area contributed by atoms with Crippen LogP contribution in [0.5, 0.6) is 0 Å². The Morgan fingerprint density at radius 1 is 0.931 bits per heavy atom. The Morgan fingerprint density at radius 2 is 1.62 bits per heavy atom. The van der Waals surface area contributed by atoms with Crippen LogP contribution in [-0.4, -0.2) is 28.4 Å². The molecule has 0 saturated heterocycles. The minimum atomic E-state index is -3.74. The number of hydrogen-bond acceptors (Lipinski definition) is 4. The summed E-state index contributed by atoms with van der Waals surface area (Å²) >= 11 is 6.24. The molecule has 0 aliphatic carbocycles. The van der Waals surface area contributed by atoms with Gasteiger partial charge in [-0.05, 0) is 42.5 Å². The Balaban J connectivity index is 1.83. The van der Waals surface area contributed by atoms with E-state index in [1.54, 1.807) is 54.6 Å². The third-order valence-corrected chi connectivity index (χ3v) is 5.81. The van der Waals surface area contributed by atoms with Gasteiger partial charge in [0.2, 0.25) is 0 Å². The predicted octanol–water partition coefficient (Wildman–Crippen LogP) is 4.46. The molecule has 0 unspecified atom stereocenters. The summed E-state index contributed by atoms with van der Waals surface area (Å²) in [5, 5.41) is 3.34. The van der Waals surface area contributed by atoms with E-state index >= 15 is 0 Å². The Hall–Kier alpha value is -3.03. The lowest BCUT2D eigenvalue weighted by atomic mass is 10.1. The van der Waals surface area contributed by atoms with E-state index in [1.807, 2.05) is 19.0 Å².